The van der Waals surface area contributed by atoms with E-state index in [0.29, 0.717) is 13.1 Å². The highest BCUT2D eigenvalue weighted by Crippen LogP contribution is 2.30. The number of thioether (sulfide) groups is 1. The lowest BCUT2D eigenvalue weighted by molar-refractivity contribution is -0.129. The van der Waals surface area contributed by atoms with Gasteiger partial charge in [-0.1, -0.05) is 0 Å². The van der Waals surface area contributed by atoms with Crippen LogP contribution < -0.4 is 5.32 Å². The summed E-state index contributed by atoms with van der Waals surface area (Å²) in [6, 6.07) is 0.0475. The van der Waals surface area contributed by atoms with Gasteiger partial charge >= 0.3 is 5.51 Å². The second-order valence-electron chi connectivity index (χ2n) is 3.68. The Morgan fingerprint density at radius 2 is 2.18 bits per heavy atom. The molecular weight excluding hydrogens is 277 g/mol. The number of nitrogens with one attached hydrogen (secondary N) is 1. The molecule has 1 unspecified atom stereocenters. The minimum atomic E-state index is -4.33. The molecule has 0 aliphatic carbocycles. The molecule has 0 spiro atoms. The number of rotatable bonds is 4. The summed E-state index contributed by atoms with van der Waals surface area (Å²) < 4.78 is 35.8. The Morgan fingerprint density at radius 1 is 1.53 bits per heavy atom. The van der Waals surface area contributed by atoms with E-state index in [-0.39, 0.29) is 30.2 Å². The van der Waals surface area contributed by atoms with Crippen LogP contribution in [0.4, 0.5) is 13.2 Å². The van der Waals surface area contributed by atoms with Crippen molar-refractivity contribution in [3.63, 3.8) is 0 Å². The lowest BCUT2D eigenvalue weighted by atomic mass is 10.2. The van der Waals surface area contributed by atoms with E-state index in [9.17, 15) is 18.0 Å². The number of halogens is 4. The van der Waals surface area contributed by atoms with Crippen molar-refractivity contribution in [2.75, 3.05) is 25.9 Å². The molecule has 0 saturated carbocycles. The van der Waals surface area contributed by atoms with Crippen molar-refractivity contribution in [1.82, 2.24) is 10.2 Å². The van der Waals surface area contributed by atoms with Gasteiger partial charge in [0.25, 0.3) is 0 Å². The van der Waals surface area contributed by atoms with Gasteiger partial charge in [-0.3, -0.25) is 4.79 Å². The predicted octanol–water partition coefficient (Wildman–Crippen LogP) is 1.87. The third-order valence-corrected chi connectivity index (χ3v) is 3.22. The number of carbonyl (C=O) groups is 1. The number of likely N-dealkylation sites (tertiary alicyclic amines) is 1. The van der Waals surface area contributed by atoms with Crippen molar-refractivity contribution >= 4 is 30.1 Å². The van der Waals surface area contributed by atoms with Crippen molar-refractivity contribution in [3.05, 3.63) is 0 Å². The van der Waals surface area contributed by atoms with Crippen LogP contribution in [0.25, 0.3) is 0 Å². The molecule has 1 N–H and O–H groups in total. The summed E-state index contributed by atoms with van der Waals surface area (Å²) in [5.74, 6) is -0.927. The maximum absolute atomic E-state index is 11.9. The Bertz CT molecular complexity index is 253. The Labute approximate surface area is 109 Å². The molecule has 1 atom stereocenters. The average Bonchev–Trinajstić information content (AvgIpc) is 2.62. The van der Waals surface area contributed by atoms with E-state index >= 15 is 0 Å². The minimum Gasteiger partial charge on any atom is -0.338 e. The van der Waals surface area contributed by atoms with E-state index in [1.54, 1.807) is 11.9 Å². The Kier molecular flexibility index (Phi) is 7.27. The van der Waals surface area contributed by atoms with Gasteiger partial charge in [0.1, 0.15) is 0 Å². The fourth-order valence-corrected chi connectivity index (χ4v) is 2.29. The summed E-state index contributed by atoms with van der Waals surface area (Å²) in [5, 5.41) is 2.94. The van der Waals surface area contributed by atoms with Crippen molar-refractivity contribution in [2.24, 2.45) is 0 Å². The summed E-state index contributed by atoms with van der Waals surface area (Å²) in [5.41, 5.74) is -4.33. The Balaban J connectivity index is 0.00000256. The molecule has 1 aliphatic heterocycles. The molecule has 1 aliphatic rings. The van der Waals surface area contributed by atoms with Crippen LogP contribution in [0, 0.1) is 0 Å². The summed E-state index contributed by atoms with van der Waals surface area (Å²) in [7, 11) is 1.77. The molecule has 0 aromatic heterocycles. The lowest BCUT2D eigenvalue weighted by Crippen LogP contribution is -2.42. The van der Waals surface area contributed by atoms with Gasteiger partial charge in [0.15, 0.2) is 0 Å². The molecule has 0 bridgehead atoms. The molecule has 1 fully saturated rings. The van der Waals surface area contributed by atoms with E-state index in [4.69, 9.17) is 0 Å². The Hall–Kier alpha value is -0.140. The normalized spacial score (nSPS) is 20.2. The molecule has 17 heavy (non-hydrogen) atoms. The average molecular weight is 293 g/mol. The van der Waals surface area contributed by atoms with Crippen molar-refractivity contribution in [3.8, 4) is 0 Å². The van der Waals surface area contributed by atoms with Gasteiger partial charge in [0.2, 0.25) is 5.91 Å². The van der Waals surface area contributed by atoms with Gasteiger partial charge in [0.05, 0.1) is 5.75 Å². The van der Waals surface area contributed by atoms with Crippen LogP contribution in [0.3, 0.4) is 0 Å². The zero-order valence-electron chi connectivity index (χ0n) is 9.42. The summed E-state index contributed by atoms with van der Waals surface area (Å²) in [6.45, 7) is 1.21. The van der Waals surface area contributed by atoms with Gasteiger partial charge in [-0.15, -0.1) is 12.4 Å². The molecule has 0 radical (unpaired) electrons. The third-order valence-electron chi connectivity index (χ3n) is 2.50. The molecule has 1 saturated heterocycles. The van der Waals surface area contributed by atoms with E-state index in [1.165, 1.54) is 0 Å². The fourth-order valence-electron chi connectivity index (χ4n) is 1.84. The number of hydrogen-bond donors (Lipinski definition) is 1. The quantitative estimate of drug-likeness (QED) is 0.859. The number of alkyl halides is 3. The summed E-state index contributed by atoms with van der Waals surface area (Å²) in [4.78, 5) is 13.1. The topological polar surface area (TPSA) is 32.3 Å². The maximum Gasteiger partial charge on any atom is 0.442 e. The van der Waals surface area contributed by atoms with E-state index < -0.39 is 17.2 Å². The first-order chi connectivity index (χ1) is 7.44. The van der Waals surface area contributed by atoms with Crippen molar-refractivity contribution in [2.45, 2.75) is 24.4 Å². The Morgan fingerprint density at radius 3 is 2.71 bits per heavy atom. The molecule has 1 amide bonds. The molecule has 102 valence electrons. The molecule has 0 aromatic carbocycles. The van der Waals surface area contributed by atoms with Crippen LogP contribution >= 0.6 is 24.2 Å². The van der Waals surface area contributed by atoms with E-state index in [2.05, 4.69) is 5.32 Å². The number of hydrogen-bond acceptors (Lipinski definition) is 3. The second kappa shape index (κ2) is 7.33. The SMILES string of the molecule is CNCC1CCCN1C(=O)CSC(F)(F)F.Cl. The monoisotopic (exact) mass is 292 g/mol. The van der Waals surface area contributed by atoms with Crippen LogP contribution in [-0.2, 0) is 4.79 Å². The fraction of sp³-hybridized carbons (Fsp3) is 0.889. The zero-order chi connectivity index (χ0) is 12.2. The number of amides is 1. The first kappa shape index (κ1) is 16.9. The highest BCUT2D eigenvalue weighted by molar-refractivity contribution is 8.00. The van der Waals surface area contributed by atoms with Crippen LogP contribution in [0.15, 0.2) is 0 Å². The van der Waals surface area contributed by atoms with Gasteiger partial charge in [-0.2, -0.15) is 13.2 Å². The zero-order valence-corrected chi connectivity index (χ0v) is 11.1. The number of carbonyl (C=O) groups excluding carboxylic acids is 1. The first-order valence-corrected chi connectivity index (χ1v) is 6.07. The third kappa shape index (κ3) is 5.83. The first-order valence-electron chi connectivity index (χ1n) is 5.09. The largest absolute Gasteiger partial charge is 0.442 e. The van der Waals surface area contributed by atoms with E-state index in [1.807, 2.05) is 0 Å². The van der Waals surface area contributed by atoms with Gasteiger partial charge in [-0.25, -0.2) is 0 Å². The van der Waals surface area contributed by atoms with Crippen LogP contribution in [-0.4, -0.2) is 48.2 Å². The summed E-state index contributed by atoms with van der Waals surface area (Å²) >= 11 is -0.263. The van der Waals surface area contributed by atoms with Gasteiger partial charge in [0, 0.05) is 19.1 Å². The number of likely N-dealkylation sites (N-methyl/N-ethyl adjacent to an activating group) is 1. The standard InChI is InChI=1S/C9H15F3N2OS.ClH/c1-13-5-7-3-2-4-14(7)8(15)6-16-9(10,11)12;/h7,13H,2-6H2,1H3;1H. The van der Waals surface area contributed by atoms with E-state index in [0.717, 1.165) is 12.8 Å². The highest BCUT2D eigenvalue weighted by atomic mass is 35.5. The van der Waals surface area contributed by atoms with Crippen LogP contribution in [0.2, 0.25) is 0 Å². The second-order valence-corrected chi connectivity index (χ2v) is 4.72. The molecule has 8 heteroatoms. The maximum atomic E-state index is 11.9. The molecule has 1 rings (SSSR count). The molecule has 0 aromatic rings. The van der Waals surface area contributed by atoms with Crippen molar-refractivity contribution in [1.29, 1.82) is 0 Å². The van der Waals surface area contributed by atoms with Gasteiger partial charge < -0.3 is 10.2 Å². The van der Waals surface area contributed by atoms with Gasteiger partial charge in [-0.05, 0) is 31.7 Å². The number of nitrogens with zero attached hydrogens (tertiary/aromatic N) is 1. The van der Waals surface area contributed by atoms with Crippen LogP contribution in [0.1, 0.15) is 12.8 Å². The molecule has 3 nitrogen and oxygen atoms in total. The molecular formula is C9H16ClF3N2OS. The van der Waals surface area contributed by atoms with Crippen molar-refractivity contribution < 1.29 is 18.0 Å². The lowest BCUT2D eigenvalue weighted by Gasteiger charge is -2.24. The molecule has 1 heterocycles. The minimum absolute atomic E-state index is 0. The van der Waals surface area contributed by atoms with Crippen LogP contribution in [0.5, 0.6) is 0 Å². The summed E-state index contributed by atoms with van der Waals surface area (Å²) in [6.07, 6.45) is 1.73. The predicted molar refractivity (Wildman–Crippen MR) is 64.4 cm³/mol. The smallest absolute Gasteiger partial charge is 0.338 e. The highest BCUT2D eigenvalue weighted by Gasteiger charge is 2.33.